The number of fused-ring (bicyclic) bond motifs is 3. The molecule has 1 N–H and O–H groups in total. The van der Waals surface area contributed by atoms with Gasteiger partial charge in [0.2, 0.25) is 0 Å². The van der Waals surface area contributed by atoms with Crippen molar-refractivity contribution in [1.29, 1.82) is 0 Å². The molecule has 0 aromatic heterocycles. The zero-order valence-corrected chi connectivity index (χ0v) is 20.8. The van der Waals surface area contributed by atoms with Gasteiger partial charge in [-0.1, -0.05) is 64.5 Å². The van der Waals surface area contributed by atoms with Crippen LogP contribution in [-0.4, -0.2) is 71.8 Å². The molecule has 7 heteroatoms. The average molecular weight is 456 g/mol. The van der Waals surface area contributed by atoms with Crippen molar-refractivity contribution < 1.29 is 9.59 Å². The molecule has 0 aliphatic carbocycles. The van der Waals surface area contributed by atoms with E-state index in [1.54, 1.807) is 4.90 Å². The van der Waals surface area contributed by atoms with E-state index >= 15 is 0 Å². The highest BCUT2D eigenvalue weighted by Gasteiger charge is 2.56. The Hall–Kier alpha value is -2.12. The third-order valence-electron chi connectivity index (χ3n) is 7.40. The van der Waals surface area contributed by atoms with Crippen LogP contribution in [0.5, 0.6) is 0 Å². The van der Waals surface area contributed by atoms with Gasteiger partial charge in [0.15, 0.2) is 0 Å². The van der Waals surface area contributed by atoms with E-state index in [9.17, 15) is 9.59 Å². The van der Waals surface area contributed by atoms with Crippen LogP contribution in [0.4, 0.5) is 10.5 Å². The maximum absolute atomic E-state index is 13.6. The molecule has 3 fully saturated rings. The molecular weight excluding hydrogens is 414 g/mol. The number of carbonyl (C=O) groups excluding carboxylic acids is 2. The van der Waals surface area contributed by atoms with Crippen LogP contribution in [0.15, 0.2) is 24.3 Å². The molecule has 1 aromatic carbocycles. The van der Waals surface area contributed by atoms with Crippen LogP contribution in [0.3, 0.4) is 0 Å². The van der Waals surface area contributed by atoms with Crippen molar-refractivity contribution in [2.24, 2.45) is 5.92 Å². The molecule has 0 saturated carbocycles. The van der Waals surface area contributed by atoms with Crippen LogP contribution in [0.25, 0.3) is 0 Å². The molecule has 4 unspecified atom stereocenters. The molecule has 4 atom stereocenters. The Morgan fingerprint density at radius 3 is 2.48 bits per heavy atom. The lowest BCUT2D eigenvalue weighted by molar-refractivity contribution is -0.138. The summed E-state index contributed by atoms with van der Waals surface area (Å²) in [5.74, 6) is 0.386. The van der Waals surface area contributed by atoms with Crippen molar-refractivity contribution in [3.8, 4) is 0 Å². The molecule has 3 amide bonds. The number of aryl methyl sites for hydroxylation is 1. The van der Waals surface area contributed by atoms with Gasteiger partial charge in [0.05, 0.1) is 0 Å². The second-order valence-electron chi connectivity index (χ2n) is 10.2. The minimum absolute atomic E-state index is 0.0395. The number of anilines is 1. The Kier molecular flexibility index (Phi) is 7.59. The molecule has 3 heterocycles. The zero-order chi connectivity index (χ0) is 23.5. The second kappa shape index (κ2) is 10.4. The molecular formula is C26H41N5O2. The number of unbranched alkanes of at least 4 members (excludes halogenated alkanes) is 6. The Bertz CT molecular complexity index is 846. The number of rotatable bonds is 9. The summed E-state index contributed by atoms with van der Waals surface area (Å²) in [4.78, 5) is 34.6. The summed E-state index contributed by atoms with van der Waals surface area (Å²) in [6.07, 6.45) is 7.81. The van der Waals surface area contributed by atoms with Crippen LogP contribution in [-0.2, 0) is 4.79 Å². The third kappa shape index (κ3) is 4.90. The molecule has 3 saturated heterocycles. The molecule has 0 bridgehead atoms. The monoisotopic (exact) mass is 455 g/mol. The fraction of sp³-hybridized carbons (Fsp3) is 0.692. The lowest BCUT2D eigenvalue weighted by Crippen LogP contribution is -2.66. The zero-order valence-electron chi connectivity index (χ0n) is 20.8. The standard InChI is InChI=1S/C26H41N5O2/c1-5-6-7-8-9-10-11-15-29-24(32)22-23(28(4)26(29)33)27-25-30(17-20(3)18-31(22)25)21-14-12-13-19(2)16-21/h12-14,16,20,22-23,25,27H,5-11,15,17-18H2,1-4H3. The first-order valence-electron chi connectivity index (χ1n) is 12.9. The average Bonchev–Trinajstić information content (AvgIpc) is 3.18. The second-order valence-corrected chi connectivity index (χ2v) is 10.2. The van der Waals surface area contributed by atoms with Gasteiger partial charge in [-0.15, -0.1) is 0 Å². The van der Waals surface area contributed by atoms with Gasteiger partial charge in [-0.25, -0.2) is 4.79 Å². The van der Waals surface area contributed by atoms with E-state index in [0.717, 1.165) is 31.6 Å². The van der Waals surface area contributed by atoms with Crippen LogP contribution in [0, 0.1) is 12.8 Å². The third-order valence-corrected chi connectivity index (χ3v) is 7.40. The Labute approximate surface area is 199 Å². The predicted octanol–water partition coefficient (Wildman–Crippen LogP) is 3.98. The molecule has 1 aromatic rings. The van der Waals surface area contributed by atoms with E-state index in [1.807, 2.05) is 7.05 Å². The number of urea groups is 1. The first-order chi connectivity index (χ1) is 15.9. The van der Waals surface area contributed by atoms with E-state index < -0.39 is 0 Å². The van der Waals surface area contributed by atoms with Crippen molar-refractivity contribution in [2.45, 2.75) is 84.2 Å². The molecule has 4 rings (SSSR count). The highest BCUT2D eigenvalue weighted by molar-refractivity contribution is 6.00. The van der Waals surface area contributed by atoms with Gasteiger partial charge in [-0.3, -0.25) is 19.9 Å². The Morgan fingerprint density at radius 2 is 1.76 bits per heavy atom. The van der Waals surface area contributed by atoms with Crippen molar-refractivity contribution in [2.75, 3.05) is 31.6 Å². The number of hydrogen-bond acceptors (Lipinski definition) is 5. The lowest BCUT2D eigenvalue weighted by atomic mass is 10.0. The first kappa shape index (κ1) is 24.0. The number of likely N-dealkylation sites (N-methyl/N-ethyl adjacent to an activating group) is 1. The van der Waals surface area contributed by atoms with Crippen molar-refractivity contribution in [3.05, 3.63) is 29.8 Å². The largest absolute Gasteiger partial charge is 0.343 e. The number of hydrogen-bond donors (Lipinski definition) is 1. The number of amides is 3. The molecule has 182 valence electrons. The Morgan fingerprint density at radius 1 is 1.03 bits per heavy atom. The molecule has 0 radical (unpaired) electrons. The fourth-order valence-electron chi connectivity index (χ4n) is 5.66. The summed E-state index contributed by atoms with van der Waals surface area (Å²) >= 11 is 0. The summed E-state index contributed by atoms with van der Waals surface area (Å²) in [5, 5.41) is 3.62. The van der Waals surface area contributed by atoms with Crippen molar-refractivity contribution in [1.82, 2.24) is 20.0 Å². The first-order valence-corrected chi connectivity index (χ1v) is 12.9. The highest BCUT2D eigenvalue weighted by Crippen LogP contribution is 2.34. The van der Waals surface area contributed by atoms with Crippen molar-refractivity contribution in [3.63, 3.8) is 0 Å². The van der Waals surface area contributed by atoms with Gasteiger partial charge < -0.3 is 9.80 Å². The summed E-state index contributed by atoms with van der Waals surface area (Å²) in [6.45, 7) is 8.86. The maximum atomic E-state index is 13.6. The normalized spacial score (nSPS) is 27.8. The van der Waals surface area contributed by atoms with Gasteiger partial charge in [-0.05, 0) is 37.0 Å². The van der Waals surface area contributed by atoms with Gasteiger partial charge in [0.25, 0.3) is 5.91 Å². The fourth-order valence-corrected chi connectivity index (χ4v) is 5.66. The van der Waals surface area contributed by atoms with E-state index in [2.05, 4.69) is 60.2 Å². The number of imide groups is 1. The number of benzene rings is 1. The summed E-state index contributed by atoms with van der Waals surface area (Å²) in [6, 6.07) is 8.02. The van der Waals surface area contributed by atoms with Gasteiger partial charge in [0.1, 0.15) is 18.5 Å². The molecule has 33 heavy (non-hydrogen) atoms. The SMILES string of the molecule is CCCCCCCCCN1C(=O)C2C(NC3N(c4cccc(C)c4)CC(C)CN23)N(C)C1=O. The summed E-state index contributed by atoms with van der Waals surface area (Å²) < 4.78 is 0. The van der Waals surface area contributed by atoms with Crippen LogP contribution >= 0.6 is 0 Å². The minimum atomic E-state index is -0.336. The maximum Gasteiger partial charge on any atom is 0.327 e. The van der Waals surface area contributed by atoms with Gasteiger partial charge in [0, 0.05) is 32.4 Å². The number of nitrogens with zero attached hydrogens (tertiary/aromatic N) is 4. The van der Waals surface area contributed by atoms with E-state index in [1.165, 1.54) is 42.6 Å². The Balaban J connectivity index is 1.46. The molecule has 0 spiro atoms. The quantitative estimate of drug-likeness (QED) is 0.571. The molecule has 3 aliphatic heterocycles. The van der Waals surface area contributed by atoms with Gasteiger partial charge in [-0.2, -0.15) is 0 Å². The van der Waals surface area contributed by atoms with E-state index in [4.69, 9.17) is 0 Å². The summed E-state index contributed by atoms with van der Waals surface area (Å²) in [5.41, 5.74) is 2.38. The minimum Gasteiger partial charge on any atom is -0.343 e. The predicted molar refractivity (Wildman–Crippen MR) is 132 cm³/mol. The number of nitrogens with one attached hydrogen (secondary N) is 1. The van der Waals surface area contributed by atoms with E-state index in [-0.39, 0.29) is 30.4 Å². The highest BCUT2D eigenvalue weighted by atomic mass is 16.2. The lowest BCUT2D eigenvalue weighted by Gasteiger charge is -2.46. The van der Waals surface area contributed by atoms with Crippen LogP contribution < -0.4 is 10.2 Å². The van der Waals surface area contributed by atoms with E-state index in [0.29, 0.717) is 12.5 Å². The van der Waals surface area contributed by atoms with Crippen molar-refractivity contribution >= 4 is 17.6 Å². The molecule has 7 nitrogen and oxygen atoms in total. The molecule has 3 aliphatic rings. The number of carbonyl (C=O) groups is 2. The summed E-state index contributed by atoms with van der Waals surface area (Å²) in [7, 11) is 1.83. The van der Waals surface area contributed by atoms with Gasteiger partial charge >= 0.3 is 6.03 Å². The van der Waals surface area contributed by atoms with Crippen LogP contribution in [0.2, 0.25) is 0 Å². The van der Waals surface area contributed by atoms with Crippen LogP contribution in [0.1, 0.15) is 64.4 Å². The topological polar surface area (TPSA) is 59.1 Å². The smallest absolute Gasteiger partial charge is 0.327 e.